The molecular formula is C11H10ClN3S. The summed E-state index contributed by atoms with van der Waals surface area (Å²) in [6, 6.07) is 9.58. The van der Waals surface area contributed by atoms with E-state index in [0.717, 1.165) is 20.8 Å². The van der Waals surface area contributed by atoms with Gasteiger partial charge < -0.3 is 5.32 Å². The molecule has 0 saturated carbocycles. The molecule has 1 N–H and O–H groups in total. The molecular weight excluding hydrogens is 242 g/mol. The molecule has 1 aromatic heterocycles. The Hall–Kier alpha value is -1.26. The second kappa shape index (κ2) is 5.18. The monoisotopic (exact) mass is 251 g/mol. The van der Waals surface area contributed by atoms with Crippen molar-refractivity contribution in [2.75, 3.05) is 12.4 Å². The normalized spacial score (nSPS) is 10.1. The molecule has 0 fully saturated rings. The van der Waals surface area contributed by atoms with Gasteiger partial charge in [-0.3, -0.25) is 0 Å². The van der Waals surface area contributed by atoms with E-state index >= 15 is 0 Å². The highest BCUT2D eigenvalue weighted by Gasteiger charge is 2.01. The molecule has 0 aliphatic heterocycles. The van der Waals surface area contributed by atoms with E-state index in [1.165, 1.54) is 0 Å². The summed E-state index contributed by atoms with van der Waals surface area (Å²) in [5.41, 5.74) is 0. The predicted octanol–water partition coefficient (Wildman–Crippen LogP) is 3.32. The summed E-state index contributed by atoms with van der Waals surface area (Å²) < 4.78 is 0. The molecule has 16 heavy (non-hydrogen) atoms. The molecule has 1 aromatic carbocycles. The van der Waals surface area contributed by atoms with Crippen LogP contribution in [0.5, 0.6) is 0 Å². The number of rotatable bonds is 3. The van der Waals surface area contributed by atoms with Crippen molar-refractivity contribution in [2.45, 2.75) is 9.92 Å². The average molecular weight is 252 g/mol. The van der Waals surface area contributed by atoms with Gasteiger partial charge in [-0.1, -0.05) is 29.4 Å². The van der Waals surface area contributed by atoms with Crippen LogP contribution in [-0.4, -0.2) is 17.0 Å². The zero-order chi connectivity index (χ0) is 11.4. The molecule has 5 heteroatoms. The first kappa shape index (κ1) is 11.2. The molecule has 82 valence electrons. The molecule has 0 saturated heterocycles. The first-order valence-corrected chi connectivity index (χ1v) is 5.90. The Morgan fingerprint density at radius 3 is 2.88 bits per heavy atom. The first-order valence-electron chi connectivity index (χ1n) is 4.71. The van der Waals surface area contributed by atoms with Crippen LogP contribution in [0.1, 0.15) is 0 Å². The highest BCUT2D eigenvalue weighted by Crippen LogP contribution is 2.28. The number of benzene rings is 1. The molecule has 0 radical (unpaired) electrons. The number of anilines is 1. The van der Waals surface area contributed by atoms with Crippen LogP contribution >= 0.6 is 23.4 Å². The molecule has 0 bridgehead atoms. The topological polar surface area (TPSA) is 37.8 Å². The number of aromatic nitrogens is 2. The Morgan fingerprint density at radius 2 is 2.12 bits per heavy atom. The van der Waals surface area contributed by atoms with Gasteiger partial charge in [-0.15, -0.1) is 0 Å². The van der Waals surface area contributed by atoms with Crippen molar-refractivity contribution in [3.63, 3.8) is 0 Å². The lowest BCUT2D eigenvalue weighted by Crippen LogP contribution is -1.93. The summed E-state index contributed by atoms with van der Waals surface area (Å²) in [5, 5.41) is 4.59. The number of hydrogen-bond acceptors (Lipinski definition) is 4. The lowest BCUT2D eigenvalue weighted by molar-refractivity contribution is 1.05. The van der Waals surface area contributed by atoms with Crippen LogP contribution in [-0.2, 0) is 0 Å². The van der Waals surface area contributed by atoms with Gasteiger partial charge in [0.2, 0.25) is 0 Å². The summed E-state index contributed by atoms with van der Waals surface area (Å²) in [6.07, 6.45) is 1.54. The number of nitrogens with one attached hydrogen (secondary N) is 1. The van der Waals surface area contributed by atoms with Crippen LogP contribution in [0.2, 0.25) is 5.02 Å². The summed E-state index contributed by atoms with van der Waals surface area (Å²) in [6.45, 7) is 0. The Balaban J connectivity index is 2.20. The minimum atomic E-state index is 0.730. The van der Waals surface area contributed by atoms with Gasteiger partial charge in [-0.25, -0.2) is 9.97 Å². The minimum Gasteiger partial charge on any atom is -0.373 e. The third-order valence-electron chi connectivity index (χ3n) is 1.92. The SMILES string of the molecule is CNc1cc(Sc2cccc(Cl)c2)ncn1. The maximum atomic E-state index is 5.91. The Labute approximate surface area is 103 Å². The Kier molecular flexibility index (Phi) is 3.64. The zero-order valence-electron chi connectivity index (χ0n) is 8.64. The van der Waals surface area contributed by atoms with Gasteiger partial charge in [0, 0.05) is 23.0 Å². The van der Waals surface area contributed by atoms with Gasteiger partial charge in [0.15, 0.2) is 0 Å². The molecule has 0 unspecified atom stereocenters. The third kappa shape index (κ3) is 2.87. The Morgan fingerprint density at radius 1 is 1.25 bits per heavy atom. The molecule has 0 atom stereocenters. The van der Waals surface area contributed by atoms with Crippen molar-refractivity contribution in [1.29, 1.82) is 0 Å². The highest BCUT2D eigenvalue weighted by atomic mass is 35.5. The molecule has 0 aliphatic carbocycles. The zero-order valence-corrected chi connectivity index (χ0v) is 10.2. The molecule has 2 aromatic rings. The fourth-order valence-electron chi connectivity index (χ4n) is 1.18. The maximum absolute atomic E-state index is 5.91. The summed E-state index contributed by atoms with van der Waals surface area (Å²) >= 11 is 7.47. The van der Waals surface area contributed by atoms with E-state index in [0.29, 0.717) is 0 Å². The van der Waals surface area contributed by atoms with Crippen LogP contribution in [0.4, 0.5) is 5.82 Å². The van der Waals surface area contributed by atoms with Crippen molar-refractivity contribution in [3.05, 3.63) is 41.7 Å². The van der Waals surface area contributed by atoms with Crippen LogP contribution in [0.3, 0.4) is 0 Å². The van der Waals surface area contributed by atoms with Gasteiger partial charge in [-0.05, 0) is 18.2 Å². The van der Waals surface area contributed by atoms with Crippen molar-refractivity contribution in [3.8, 4) is 0 Å². The summed E-state index contributed by atoms with van der Waals surface area (Å²) in [5.74, 6) is 0.805. The van der Waals surface area contributed by atoms with E-state index in [4.69, 9.17) is 11.6 Å². The van der Waals surface area contributed by atoms with E-state index in [-0.39, 0.29) is 0 Å². The minimum absolute atomic E-state index is 0.730. The predicted molar refractivity (Wildman–Crippen MR) is 67.2 cm³/mol. The van der Waals surface area contributed by atoms with Crippen molar-refractivity contribution in [1.82, 2.24) is 9.97 Å². The second-order valence-electron chi connectivity index (χ2n) is 3.05. The van der Waals surface area contributed by atoms with Crippen LogP contribution in [0, 0.1) is 0 Å². The van der Waals surface area contributed by atoms with Crippen molar-refractivity contribution >= 4 is 29.2 Å². The van der Waals surface area contributed by atoms with Gasteiger partial charge >= 0.3 is 0 Å². The summed E-state index contributed by atoms with van der Waals surface area (Å²) in [4.78, 5) is 9.30. The first-order chi connectivity index (χ1) is 7.78. The molecule has 3 nitrogen and oxygen atoms in total. The molecule has 0 spiro atoms. The maximum Gasteiger partial charge on any atom is 0.130 e. The van der Waals surface area contributed by atoms with Gasteiger partial charge in [0.1, 0.15) is 17.2 Å². The lowest BCUT2D eigenvalue weighted by Gasteiger charge is -2.03. The van der Waals surface area contributed by atoms with Crippen molar-refractivity contribution in [2.24, 2.45) is 0 Å². The second-order valence-corrected chi connectivity index (χ2v) is 4.58. The van der Waals surface area contributed by atoms with Crippen molar-refractivity contribution < 1.29 is 0 Å². The number of nitrogens with zero attached hydrogens (tertiary/aromatic N) is 2. The van der Waals surface area contributed by atoms with E-state index in [2.05, 4.69) is 15.3 Å². The smallest absolute Gasteiger partial charge is 0.130 e. The average Bonchev–Trinajstić information content (AvgIpc) is 2.29. The van der Waals surface area contributed by atoms with Gasteiger partial charge in [0.25, 0.3) is 0 Å². The van der Waals surface area contributed by atoms with E-state index in [1.807, 2.05) is 37.4 Å². The third-order valence-corrected chi connectivity index (χ3v) is 3.07. The lowest BCUT2D eigenvalue weighted by atomic mass is 10.4. The van der Waals surface area contributed by atoms with Crippen LogP contribution < -0.4 is 5.32 Å². The molecule has 0 amide bonds. The largest absolute Gasteiger partial charge is 0.373 e. The quantitative estimate of drug-likeness (QED) is 0.850. The van der Waals surface area contributed by atoms with E-state index in [1.54, 1.807) is 18.1 Å². The van der Waals surface area contributed by atoms with Gasteiger partial charge in [0.05, 0.1) is 0 Å². The Bertz CT molecular complexity index is 490. The fraction of sp³-hybridized carbons (Fsp3) is 0.0909. The number of hydrogen-bond donors (Lipinski definition) is 1. The standard InChI is InChI=1S/C11H10ClN3S/c1-13-10-6-11(15-7-14-10)16-9-4-2-3-8(12)5-9/h2-7H,1H3,(H,13,14,15). The molecule has 2 rings (SSSR count). The summed E-state index contributed by atoms with van der Waals surface area (Å²) in [7, 11) is 1.83. The number of halogens is 1. The highest BCUT2D eigenvalue weighted by molar-refractivity contribution is 7.99. The van der Waals surface area contributed by atoms with Gasteiger partial charge in [-0.2, -0.15) is 0 Å². The molecule has 1 heterocycles. The van der Waals surface area contributed by atoms with E-state index in [9.17, 15) is 0 Å². The van der Waals surface area contributed by atoms with Crippen LogP contribution in [0.25, 0.3) is 0 Å². The van der Waals surface area contributed by atoms with E-state index < -0.39 is 0 Å². The fourth-order valence-corrected chi connectivity index (χ4v) is 2.28. The molecule has 0 aliphatic rings. The van der Waals surface area contributed by atoms with Crippen LogP contribution in [0.15, 0.2) is 46.6 Å².